The fraction of sp³-hybridized carbons (Fsp3) is 0.929. The summed E-state index contributed by atoms with van der Waals surface area (Å²) in [4.78, 5) is 12.1. The maximum absolute atomic E-state index is 12.1. The summed E-state index contributed by atoms with van der Waals surface area (Å²) in [6, 6.07) is 0. The van der Waals surface area contributed by atoms with Gasteiger partial charge in [0.25, 0.3) is 0 Å². The first kappa shape index (κ1) is 13.8. The number of piperidine rings is 1. The first-order valence-electron chi connectivity index (χ1n) is 7.03. The second-order valence-corrected chi connectivity index (χ2v) is 6.37. The molecule has 1 aliphatic carbocycles. The zero-order valence-electron chi connectivity index (χ0n) is 11.8. The fourth-order valence-electron chi connectivity index (χ4n) is 2.91. The van der Waals surface area contributed by atoms with Crippen LogP contribution in [0.5, 0.6) is 0 Å². The largest absolute Gasteiger partial charge is 0.379 e. The predicted octanol–water partition coefficient (Wildman–Crippen LogP) is 1.31. The number of carbonyl (C=O) groups is 1. The molecule has 0 bridgehead atoms. The Labute approximate surface area is 110 Å². The van der Waals surface area contributed by atoms with E-state index in [0.717, 1.165) is 38.8 Å². The minimum absolute atomic E-state index is 0.150. The molecule has 1 amide bonds. The van der Waals surface area contributed by atoms with E-state index in [1.165, 1.54) is 0 Å². The van der Waals surface area contributed by atoms with Crippen LogP contribution in [0.4, 0.5) is 0 Å². The molecule has 4 heteroatoms. The Morgan fingerprint density at radius 3 is 2.72 bits per heavy atom. The van der Waals surface area contributed by atoms with Crippen molar-refractivity contribution in [2.24, 2.45) is 11.3 Å². The summed E-state index contributed by atoms with van der Waals surface area (Å²) < 4.78 is 5.35. The lowest BCUT2D eigenvalue weighted by atomic mass is 9.92. The van der Waals surface area contributed by atoms with Gasteiger partial charge in [-0.15, -0.1) is 0 Å². The van der Waals surface area contributed by atoms with Crippen molar-refractivity contribution in [1.29, 1.82) is 0 Å². The van der Waals surface area contributed by atoms with E-state index in [1.807, 2.05) is 13.8 Å². The summed E-state index contributed by atoms with van der Waals surface area (Å²) in [5, 5.41) is 6.43. The lowest BCUT2D eigenvalue weighted by molar-refractivity contribution is -0.123. The smallest absolute Gasteiger partial charge is 0.223 e. The third kappa shape index (κ3) is 3.04. The predicted molar refractivity (Wildman–Crippen MR) is 71.4 cm³/mol. The Hall–Kier alpha value is -0.610. The molecule has 1 atom stereocenters. The van der Waals surface area contributed by atoms with Gasteiger partial charge in [-0.25, -0.2) is 0 Å². The number of rotatable bonds is 5. The van der Waals surface area contributed by atoms with Crippen molar-refractivity contribution in [1.82, 2.24) is 10.6 Å². The molecule has 0 aromatic rings. The molecule has 1 spiro atoms. The molecule has 1 aliphatic heterocycles. The van der Waals surface area contributed by atoms with E-state index in [9.17, 15) is 4.79 Å². The van der Waals surface area contributed by atoms with Crippen LogP contribution in [0.25, 0.3) is 0 Å². The number of amides is 1. The maximum atomic E-state index is 12.1. The number of ether oxygens (including phenoxy) is 1. The number of hydrogen-bond acceptors (Lipinski definition) is 3. The van der Waals surface area contributed by atoms with Crippen molar-refractivity contribution in [3.05, 3.63) is 0 Å². The van der Waals surface area contributed by atoms with Gasteiger partial charge in [0.1, 0.15) is 0 Å². The Kier molecular flexibility index (Phi) is 3.97. The van der Waals surface area contributed by atoms with Crippen LogP contribution in [0.3, 0.4) is 0 Å². The average molecular weight is 254 g/mol. The standard InChI is InChI=1S/C14H26N2O2/c1-13(2,18-3)4-9-16-12(17)11-10-14(11)5-7-15-8-6-14/h11,15H,4-10H2,1-3H3,(H,16,17). The van der Waals surface area contributed by atoms with Crippen molar-refractivity contribution >= 4 is 5.91 Å². The Balaban J connectivity index is 1.70. The molecule has 2 fully saturated rings. The lowest BCUT2D eigenvalue weighted by Crippen LogP contribution is -2.36. The molecule has 2 aliphatic rings. The van der Waals surface area contributed by atoms with Crippen LogP contribution in [0, 0.1) is 11.3 Å². The third-order valence-electron chi connectivity index (χ3n) is 4.68. The van der Waals surface area contributed by atoms with Gasteiger partial charge < -0.3 is 15.4 Å². The normalized spacial score (nSPS) is 26.1. The highest BCUT2D eigenvalue weighted by Gasteiger charge is 2.57. The van der Waals surface area contributed by atoms with Crippen molar-refractivity contribution in [2.45, 2.75) is 45.1 Å². The molecule has 0 aromatic carbocycles. The second kappa shape index (κ2) is 5.17. The molecule has 2 rings (SSSR count). The van der Waals surface area contributed by atoms with Crippen LogP contribution >= 0.6 is 0 Å². The van der Waals surface area contributed by atoms with Crippen molar-refractivity contribution in [3.8, 4) is 0 Å². The molecule has 1 saturated carbocycles. The van der Waals surface area contributed by atoms with Crippen LogP contribution in [0.2, 0.25) is 0 Å². The Bertz CT molecular complexity index is 309. The molecule has 1 unspecified atom stereocenters. The molecule has 0 radical (unpaired) electrons. The quantitative estimate of drug-likeness (QED) is 0.777. The van der Waals surface area contributed by atoms with Crippen LogP contribution in [-0.2, 0) is 9.53 Å². The summed E-state index contributed by atoms with van der Waals surface area (Å²) in [5.41, 5.74) is 0.190. The Morgan fingerprint density at radius 2 is 2.11 bits per heavy atom. The molecule has 1 saturated heterocycles. The van der Waals surface area contributed by atoms with Crippen LogP contribution in [-0.4, -0.2) is 38.3 Å². The highest BCUT2D eigenvalue weighted by molar-refractivity contribution is 5.82. The van der Waals surface area contributed by atoms with E-state index in [2.05, 4.69) is 10.6 Å². The number of hydrogen-bond donors (Lipinski definition) is 2. The number of methoxy groups -OCH3 is 1. The maximum Gasteiger partial charge on any atom is 0.223 e. The molecule has 1 heterocycles. The summed E-state index contributed by atoms with van der Waals surface area (Å²) >= 11 is 0. The first-order chi connectivity index (χ1) is 8.49. The van der Waals surface area contributed by atoms with E-state index in [1.54, 1.807) is 7.11 Å². The van der Waals surface area contributed by atoms with Gasteiger partial charge >= 0.3 is 0 Å². The summed E-state index contributed by atoms with van der Waals surface area (Å²) in [6.45, 7) is 6.95. The summed E-state index contributed by atoms with van der Waals surface area (Å²) in [6.07, 6.45) is 4.27. The zero-order valence-corrected chi connectivity index (χ0v) is 11.8. The summed E-state index contributed by atoms with van der Waals surface area (Å²) in [7, 11) is 1.72. The van der Waals surface area contributed by atoms with Crippen LogP contribution < -0.4 is 10.6 Å². The van der Waals surface area contributed by atoms with Gasteiger partial charge in [0.15, 0.2) is 0 Å². The highest BCUT2D eigenvalue weighted by atomic mass is 16.5. The molecule has 2 N–H and O–H groups in total. The van der Waals surface area contributed by atoms with E-state index in [-0.39, 0.29) is 17.4 Å². The SMILES string of the molecule is COC(C)(C)CCNC(=O)C1CC12CCNCC2. The third-order valence-corrected chi connectivity index (χ3v) is 4.68. The van der Waals surface area contributed by atoms with Gasteiger partial charge in [0.05, 0.1) is 5.60 Å². The van der Waals surface area contributed by atoms with E-state index >= 15 is 0 Å². The van der Waals surface area contributed by atoms with Gasteiger partial charge in [-0.1, -0.05) is 0 Å². The topological polar surface area (TPSA) is 50.4 Å². The highest BCUT2D eigenvalue weighted by Crippen LogP contribution is 2.58. The van der Waals surface area contributed by atoms with Gasteiger partial charge in [0, 0.05) is 19.6 Å². The van der Waals surface area contributed by atoms with Crippen molar-refractivity contribution < 1.29 is 9.53 Å². The Morgan fingerprint density at radius 1 is 1.44 bits per heavy atom. The number of nitrogens with one attached hydrogen (secondary N) is 2. The molecular formula is C14H26N2O2. The number of carbonyl (C=O) groups excluding carboxylic acids is 1. The molecule has 4 nitrogen and oxygen atoms in total. The summed E-state index contributed by atoms with van der Waals surface area (Å²) in [5.74, 6) is 0.522. The van der Waals surface area contributed by atoms with Gasteiger partial charge in [-0.2, -0.15) is 0 Å². The molecule has 104 valence electrons. The van der Waals surface area contributed by atoms with Crippen LogP contribution in [0.1, 0.15) is 39.5 Å². The first-order valence-corrected chi connectivity index (χ1v) is 7.03. The fourth-order valence-corrected chi connectivity index (χ4v) is 2.91. The van der Waals surface area contributed by atoms with Gasteiger partial charge in [-0.05, 0) is 58.0 Å². The second-order valence-electron chi connectivity index (χ2n) is 6.37. The average Bonchev–Trinajstić information content (AvgIpc) is 3.03. The van der Waals surface area contributed by atoms with E-state index in [4.69, 9.17) is 4.74 Å². The van der Waals surface area contributed by atoms with Gasteiger partial charge in [0.2, 0.25) is 5.91 Å². The van der Waals surface area contributed by atoms with Crippen LogP contribution in [0.15, 0.2) is 0 Å². The van der Waals surface area contributed by atoms with E-state index < -0.39 is 0 Å². The minimum Gasteiger partial charge on any atom is -0.379 e. The molecule has 18 heavy (non-hydrogen) atoms. The van der Waals surface area contributed by atoms with E-state index in [0.29, 0.717) is 12.0 Å². The van der Waals surface area contributed by atoms with Crippen molar-refractivity contribution in [2.75, 3.05) is 26.7 Å². The van der Waals surface area contributed by atoms with Gasteiger partial charge in [-0.3, -0.25) is 4.79 Å². The molecular weight excluding hydrogens is 228 g/mol. The lowest BCUT2D eigenvalue weighted by Gasteiger charge is -2.24. The molecule has 0 aromatic heterocycles. The zero-order chi connectivity index (χ0) is 13.2. The monoisotopic (exact) mass is 254 g/mol. The minimum atomic E-state index is -0.150. The van der Waals surface area contributed by atoms with Crippen molar-refractivity contribution in [3.63, 3.8) is 0 Å².